The number of halogens is 2. The minimum Gasteiger partial charge on any atom is -0.458 e. The van der Waals surface area contributed by atoms with Crippen LogP contribution in [-0.4, -0.2) is 26.7 Å². The first-order chi connectivity index (χ1) is 10.8. The van der Waals surface area contributed by atoms with Gasteiger partial charge in [-0.2, -0.15) is 0 Å². The molecule has 24 heavy (non-hydrogen) atoms. The van der Waals surface area contributed by atoms with Gasteiger partial charge in [-0.15, -0.1) is 0 Å². The molecule has 0 unspecified atom stereocenters. The van der Waals surface area contributed by atoms with Crippen molar-refractivity contribution in [3.05, 3.63) is 34.9 Å². The van der Waals surface area contributed by atoms with Crippen LogP contribution in [0.2, 0.25) is 5.02 Å². The van der Waals surface area contributed by atoms with E-state index in [4.69, 9.17) is 16.3 Å². The number of rotatable bonds is 5. The van der Waals surface area contributed by atoms with E-state index in [1.807, 2.05) is 0 Å². The molecule has 0 saturated heterocycles. The van der Waals surface area contributed by atoms with Crippen molar-refractivity contribution in [2.24, 2.45) is 0 Å². The lowest BCUT2D eigenvalue weighted by atomic mass is 10.0. The largest absolute Gasteiger partial charge is 0.458 e. The van der Waals surface area contributed by atoms with Crippen LogP contribution in [0.5, 0.6) is 0 Å². The Kier molecular flexibility index (Phi) is 6.96. The van der Waals surface area contributed by atoms with Crippen molar-refractivity contribution in [2.75, 3.05) is 0 Å². The number of hydrogen-bond acceptors (Lipinski definition) is 3. The van der Waals surface area contributed by atoms with Gasteiger partial charge in [0.15, 0.2) is 0 Å². The van der Waals surface area contributed by atoms with Gasteiger partial charge in [0.25, 0.3) is 0 Å². The Bertz CT molecular complexity index is 593. The molecular weight excluding hydrogens is 353 g/mol. The smallest absolute Gasteiger partial charge is 0.343 e. The molecule has 0 bridgehead atoms. The Balaban J connectivity index is 3.10. The number of nitrogens with one attached hydrogen (secondary N) is 1. The van der Waals surface area contributed by atoms with E-state index < -0.39 is 39.5 Å². The maximum absolute atomic E-state index is 14.8. The monoisotopic (exact) mass is 377 g/mol. The predicted molar refractivity (Wildman–Crippen MR) is 96.0 cm³/mol. The fraction of sp³-hybridized carbons (Fsp3) is 0.588. The number of carbonyl (C=O) groups excluding carboxylic acids is 1. The number of ether oxygens (including phenoxy) is 1. The van der Waals surface area contributed by atoms with Gasteiger partial charge in [-0.3, -0.25) is 0 Å². The molecule has 1 aromatic carbocycles. The summed E-state index contributed by atoms with van der Waals surface area (Å²) in [5, 5.41) is 0.488. The fourth-order valence-corrected chi connectivity index (χ4v) is 2.72. The SMILES string of the molecule is CC(C)(C)OC(=O)[C@H](F)[C@@H](N[S@](=O)C(C)(C)C)c1ccc(Cl)cc1. The molecule has 1 N–H and O–H groups in total. The highest BCUT2D eigenvalue weighted by atomic mass is 35.5. The van der Waals surface area contributed by atoms with Gasteiger partial charge in [-0.1, -0.05) is 23.7 Å². The average Bonchev–Trinajstić information content (AvgIpc) is 2.42. The van der Waals surface area contributed by atoms with E-state index in [2.05, 4.69) is 4.72 Å². The molecule has 0 fully saturated rings. The van der Waals surface area contributed by atoms with Gasteiger partial charge < -0.3 is 4.74 Å². The molecule has 0 aliphatic carbocycles. The van der Waals surface area contributed by atoms with E-state index in [1.165, 1.54) is 0 Å². The second kappa shape index (κ2) is 7.93. The molecule has 0 spiro atoms. The first kappa shape index (κ1) is 21.1. The van der Waals surface area contributed by atoms with E-state index >= 15 is 0 Å². The fourth-order valence-electron chi connectivity index (χ4n) is 1.75. The summed E-state index contributed by atoms with van der Waals surface area (Å²) in [5.41, 5.74) is -0.342. The van der Waals surface area contributed by atoms with Crippen molar-refractivity contribution in [3.63, 3.8) is 0 Å². The minimum atomic E-state index is -2.00. The lowest BCUT2D eigenvalue weighted by Crippen LogP contribution is -2.43. The van der Waals surface area contributed by atoms with Crippen LogP contribution in [0.25, 0.3) is 0 Å². The summed E-state index contributed by atoms with van der Waals surface area (Å²) in [4.78, 5) is 12.1. The molecule has 0 heterocycles. The van der Waals surface area contributed by atoms with Crippen molar-refractivity contribution in [2.45, 2.75) is 64.1 Å². The third-order valence-electron chi connectivity index (χ3n) is 2.94. The lowest BCUT2D eigenvalue weighted by Gasteiger charge is -2.28. The minimum absolute atomic E-state index is 0.468. The van der Waals surface area contributed by atoms with Gasteiger partial charge in [0.05, 0.1) is 21.8 Å². The van der Waals surface area contributed by atoms with Crippen molar-refractivity contribution in [1.29, 1.82) is 0 Å². The zero-order chi connectivity index (χ0) is 18.7. The molecule has 3 atom stereocenters. The van der Waals surface area contributed by atoms with Crippen LogP contribution in [0.3, 0.4) is 0 Å². The van der Waals surface area contributed by atoms with Crippen LogP contribution >= 0.6 is 11.6 Å². The summed E-state index contributed by atoms with van der Waals surface area (Å²) in [7, 11) is -1.56. The zero-order valence-electron chi connectivity index (χ0n) is 14.9. The topological polar surface area (TPSA) is 55.4 Å². The average molecular weight is 378 g/mol. The van der Waals surface area contributed by atoms with Gasteiger partial charge in [0.2, 0.25) is 6.17 Å². The third kappa shape index (κ3) is 6.49. The molecule has 0 aliphatic rings. The molecule has 1 rings (SSSR count). The molecule has 0 aliphatic heterocycles. The number of carbonyl (C=O) groups is 1. The molecule has 0 aromatic heterocycles. The summed E-state index contributed by atoms with van der Waals surface area (Å²) in [5.74, 6) is -0.999. The third-order valence-corrected chi connectivity index (χ3v) is 4.78. The van der Waals surface area contributed by atoms with Crippen LogP contribution < -0.4 is 4.72 Å². The number of esters is 1. The van der Waals surface area contributed by atoms with Crippen LogP contribution in [0.1, 0.15) is 53.1 Å². The first-order valence-corrected chi connectivity index (χ1v) is 9.14. The number of hydrogen-bond donors (Lipinski definition) is 1. The standard InChI is InChI=1S/C17H25ClFNO3S/c1-16(2,3)23-15(21)13(19)14(20-24(22)17(4,5)6)11-7-9-12(18)10-8-11/h7-10,13-14,20H,1-6H3/t13-,14+,24-/m1/s1. The Labute approximate surface area is 150 Å². The van der Waals surface area contributed by atoms with E-state index in [-0.39, 0.29) is 0 Å². The van der Waals surface area contributed by atoms with E-state index in [0.29, 0.717) is 10.6 Å². The van der Waals surface area contributed by atoms with Gasteiger partial charge in [0.1, 0.15) is 5.60 Å². The summed E-state index contributed by atoms with van der Waals surface area (Å²) < 4.78 is 34.4. The van der Waals surface area contributed by atoms with Crippen molar-refractivity contribution < 1.29 is 18.1 Å². The van der Waals surface area contributed by atoms with Crippen molar-refractivity contribution in [1.82, 2.24) is 4.72 Å². The van der Waals surface area contributed by atoms with Crippen LogP contribution in [0.15, 0.2) is 24.3 Å². The maximum atomic E-state index is 14.8. The van der Waals surface area contributed by atoms with E-state index in [9.17, 15) is 13.4 Å². The normalized spacial score (nSPS) is 16.3. The summed E-state index contributed by atoms with van der Waals surface area (Å²) in [6.07, 6.45) is -2.00. The quantitative estimate of drug-likeness (QED) is 0.785. The highest BCUT2D eigenvalue weighted by molar-refractivity contribution is 7.84. The predicted octanol–water partition coefficient (Wildman–Crippen LogP) is 4.11. The Morgan fingerprint density at radius 3 is 2.08 bits per heavy atom. The summed E-state index contributed by atoms with van der Waals surface area (Å²) in [6, 6.07) is 5.27. The van der Waals surface area contributed by atoms with Crippen LogP contribution in [-0.2, 0) is 20.5 Å². The molecular formula is C17H25ClFNO3S. The van der Waals surface area contributed by atoms with Crippen LogP contribution in [0, 0.1) is 0 Å². The highest BCUT2D eigenvalue weighted by Crippen LogP contribution is 2.26. The van der Waals surface area contributed by atoms with Gasteiger partial charge >= 0.3 is 5.97 Å². The Morgan fingerprint density at radius 1 is 1.17 bits per heavy atom. The molecule has 4 nitrogen and oxygen atoms in total. The Hall–Kier alpha value is -0.980. The Morgan fingerprint density at radius 2 is 1.67 bits per heavy atom. The molecule has 0 amide bonds. The highest BCUT2D eigenvalue weighted by Gasteiger charge is 2.36. The van der Waals surface area contributed by atoms with Gasteiger partial charge in [-0.05, 0) is 59.2 Å². The van der Waals surface area contributed by atoms with E-state index in [0.717, 1.165) is 0 Å². The van der Waals surface area contributed by atoms with Gasteiger partial charge in [0, 0.05) is 5.02 Å². The number of alkyl halides is 1. The van der Waals surface area contributed by atoms with Crippen molar-refractivity contribution >= 4 is 28.6 Å². The summed E-state index contributed by atoms with van der Waals surface area (Å²) >= 11 is 5.86. The molecule has 0 saturated carbocycles. The second-order valence-electron chi connectivity index (χ2n) is 7.46. The van der Waals surface area contributed by atoms with E-state index in [1.54, 1.807) is 65.8 Å². The molecule has 7 heteroatoms. The lowest BCUT2D eigenvalue weighted by molar-refractivity contribution is -0.162. The summed E-state index contributed by atoms with van der Waals surface area (Å²) in [6.45, 7) is 10.3. The maximum Gasteiger partial charge on any atom is 0.343 e. The zero-order valence-corrected chi connectivity index (χ0v) is 16.4. The first-order valence-electron chi connectivity index (χ1n) is 7.62. The second-order valence-corrected chi connectivity index (χ2v) is 9.90. The van der Waals surface area contributed by atoms with Gasteiger partial charge in [-0.25, -0.2) is 18.1 Å². The molecule has 0 radical (unpaired) electrons. The number of benzene rings is 1. The van der Waals surface area contributed by atoms with Crippen LogP contribution in [0.4, 0.5) is 4.39 Å². The molecule has 136 valence electrons. The molecule has 1 aromatic rings. The van der Waals surface area contributed by atoms with Crippen molar-refractivity contribution in [3.8, 4) is 0 Å².